The summed E-state index contributed by atoms with van der Waals surface area (Å²) in [6, 6.07) is 9.33. The van der Waals surface area contributed by atoms with Crippen LogP contribution in [-0.4, -0.2) is 47.2 Å². The van der Waals surface area contributed by atoms with E-state index in [2.05, 4.69) is 16.3 Å². The average Bonchev–Trinajstić information content (AvgIpc) is 2.63. The Bertz CT molecular complexity index is 617. The molecule has 1 amide bonds. The molecule has 0 aromatic heterocycles. The van der Waals surface area contributed by atoms with E-state index in [-0.39, 0.29) is 18.1 Å². The molecule has 24 heavy (non-hydrogen) atoms. The molecule has 1 heterocycles. The van der Waals surface area contributed by atoms with Gasteiger partial charge in [0.2, 0.25) is 0 Å². The van der Waals surface area contributed by atoms with Crippen molar-refractivity contribution in [3.05, 3.63) is 35.4 Å². The Hall–Kier alpha value is -1.90. The van der Waals surface area contributed by atoms with Crippen LogP contribution in [0.4, 0.5) is 0 Å². The number of piperidine rings is 1. The Morgan fingerprint density at radius 2 is 1.96 bits per heavy atom. The summed E-state index contributed by atoms with van der Waals surface area (Å²) in [7, 11) is 0. The third kappa shape index (κ3) is 3.95. The lowest BCUT2D eigenvalue weighted by Crippen LogP contribution is -2.52. The second kappa shape index (κ2) is 7.78. The van der Waals surface area contributed by atoms with Gasteiger partial charge in [-0.2, -0.15) is 5.26 Å². The van der Waals surface area contributed by atoms with Crippen molar-refractivity contribution in [2.24, 2.45) is 0 Å². The van der Waals surface area contributed by atoms with Gasteiger partial charge in [-0.3, -0.25) is 9.69 Å². The maximum atomic E-state index is 12.3. The fraction of sp³-hybridized carbons (Fsp3) is 0.579. The molecule has 2 atom stereocenters. The molecule has 5 nitrogen and oxygen atoms in total. The van der Waals surface area contributed by atoms with Crippen molar-refractivity contribution in [2.45, 2.75) is 56.7 Å². The van der Waals surface area contributed by atoms with Crippen molar-refractivity contribution in [1.82, 2.24) is 10.2 Å². The second-order valence-electron chi connectivity index (χ2n) is 6.90. The van der Waals surface area contributed by atoms with Gasteiger partial charge in [0.1, 0.15) is 0 Å². The van der Waals surface area contributed by atoms with E-state index in [1.54, 1.807) is 24.3 Å². The molecule has 1 aliphatic carbocycles. The number of rotatable bonds is 3. The highest BCUT2D eigenvalue weighted by Gasteiger charge is 2.31. The molecule has 3 rings (SSSR count). The van der Waals surface area contributed by atoms with Crippen molar-refractivity contribution in [3.63, 3.8) is 0 Å². The quantitative estimate of drug-likeness (QED) is 0.891. The Labute approximate surface area is 143 Å². The first-order valence-corrected chi connectivity index (χ1v) is 8.90. The summed E-state index contributed by atoms with van der Waals surface area (Å²) < 4.78 is 0. The zero-order valence-electron chi connectivity index (χ0n) is 13.9. The summed E-state index contributed by atoms with van der Waals surface area (Å²) in [5.41, 5.74) is 1.04. The van der Waals surface area contributed by atoms with Crippen LogP contribution in [0.5, 0.6) is 0 Å². The first kappa shape index (κ1) is 16.9. The molecule has 1 saturated carbocycles. The third-order valence-corrected chi connectivity index (χ3v) is 5.28. The zero-order chi connectivity index (χ0) is 16.9. The number of benzene rings is 1. The summed E-state index contributed by atoms with van der Waals surface area (Å²) in [5, 5.41) is 22.2. The molecule has 5 heteroatoms. The summed E-state index contributed by atoms with van der Waals surface area (Å²) >= 11 is 0. The van der Waals surface area contributed by atoms with Crippen LogP contribution in [0.2, 0.25) is 0 Å². The standard InChI is InChI=1S/C19H25N3O2/c20-13-14-4-3-5-15(12-14)19(24)21-16-8-10-22(11-9-16)17-6-1-2-7-18(17)23/h3-5,12,16-18,23H,1-2,6-11H2,(H,21,24). The molecule has 2 unspecified atom stereocenters. The molecular formula is C19H25N3O2. The maximum Gasteiger partial charge on any atom is 0.251 e. The SMILES string of the molecule is N#Cc1cccc(C(=O)NC2CCN(C3CCCCC3O)CC2)c1. The molecule has 0 bridgehead atoms. The van der Waals surface area contributed by atoms with Crippen LogP contribution in [0.25, 0.3) is 0 Å². The second-order valence-corrected chi connectivity index (χ2v) is 6.90. The van der Waals surface area contributed by atoms with E-state index < -0.39 is 0 Å². The summed E-state index contributed by atoms with van der Waals surface area (Å²) in [6.07, 6.45) is 5.95. The van der Waals surface area contributed by atoms with Crippen molar-refractivity contribution in [1.29, 1.82) is 5.26 Å². The number of nitriles is 1. The molecule has 0 radical (unpaired) electrons. The van der Waals surface area contributed by atoms with Gasteiger partial charge in [0, 0.05) is 30.7 Å². The van der Waals surface area contributed by atoms with E-state index in [9.17, 15) is 9.90 Å². The predicted octanol–water partition coefficient (Wildman–Crippen LogP) is 2.06. The van der Waals surface area contributed by atoms with E-state index in [1.165, 1.54) is 6.42 Å². The average molecular weight is 327 g/mol. The van der Waals surface area contributed by atoms with Crippen LogP contribution < -0.4 is 5.32 Å². The Balaban J connectivity index is 1.51. The molecule has 1 aliphatic heterocycles. The minimum atomic E-state index is -0.196. The number of nitrogens with one attached hydrogen (secondary N) is 1. The largest absolute Gasteiger partial charge is 0.391 e. The Morgan fingerprint density at radius 3 is 2.67 bits per heavy atom. The molecule has 128 valence electrons. The molecular weight excluding hydrogens is 302 g/mol. The number of carbonyl (C=O) groups is 1. The number of hydrogen-bond acceptors (Lipinski definition) is 4. The minimum absolute atomic E-state index is 0.108. The number of hydrogen-bond donors (Lipinski definition) is 2. The maximum absolute atomic E-state index is 12.3. The smallest absolute Gasteiger partial charge is 0.251 e. The molecule has 0 spiro atoms. The van der Waals surface area contributed by atoms with E-state index in [0.717, 1.165) is 45.2 Å². The predicted molar refractivity (Wildman–Crippen MR) is 91.5 cm³/mol. The molecule has 1 aromatic carbocycles. The molecule has 1 aromatic rings. The number of carbonyl (C=O) groups excluding carboxylic acids is 1. The van der Waals surface area contributed by atoms with Gasteiger partial charge in [0.25, 0.3) is 5.91 Å². The molecule has 2 fully saturated rings. The van der Waals surface area contributed by atoms with Crippen LogP contribution in [0.1, 0.15) is 54.4 Å². The van der Waals surface area contributed by atoms with E-state index >= 15 is 0 Å². The zero-order valence-corrected chi connectivity index (χ0v) is 13.9. The van der Waals surface area contributed by atoms with Crippen molar-refractivity contribution in [2.75, 3.05) is 13.1 Å². The van der Waals surface area contributed by atoms with Crippen molar-refractivity contribution < 1.29 is 9.90 Å². The Morgan fingerprint density at radius 1 is 1.21 bits per heavy atom. The number of aliphatic hydroxyl groups is 1. The van der Waals surface area contributed by atoms with Crippen LogP contribution in [0, 0.1) is 11.3 Å². The summed E-state index contributed by atoms with van der Waals surface area (Å²) in [6.45, 7) is 1.84. The lowest BCUT2D eigenvalue weighted by molar-refractivity contribution is 0.00727. The van der Waals surface area contributed by atoms with Crippen LogP contribution in [0.15, 0.2) is 24.3 Å². The van der Waals surface area contributed by atoms with E-state index in [4.69, 9.17) is 5.26 Å². The van der Waals surface area contributed by atoms with Crippen LogP contribution >= 0.6 is 0 Å². The highest BCUT2D eigenvalue weighted by Crippen LogP contribution is 2.26. The number of amides is 1. The van der Waals surface area contributed by atoms with E-state index in [1.807, 2.05) is 0 Å². The highest BCUT2D eigenvalue weighted by atomic mass is 16.3. The Kier molecular flexibility index (Phi) is 5.49. The van der Waals surface area contributed by atoms with Gasteiger partial charge >= 0.3 is 0 Å². The van der Waals surface area contributed by atoms with Gasteiger partial charge in [-0.15, -0.1) is 0 Å². The number of likely N-dealkylation sites (tertiary alicyclic amines) is 1. The van der Waals surface area contributed by atoms with Gasteiger partial charge in [-0.05, 0) is 43.9 Å². The minimum Gasteiger partial charge on any atom is -0.391 e. The van der Waals surface area contributed by atoms with Gasteiger partial charge in [0.05, 0.1) is 17.7 Å². The molecule has 2 N–H and O–H groups in total. The normalized spacial score (nSPS) is 25.8. The summed E-state index contributed by atoms with van der Waals surface area (Å²) in [4.78, 5) is 14.7. The van der Waals surface area contributed by atoms with Crippen LogP contribution in [0.3, 0.4) is 0 Å². The highest BCUT2D eigenvalue weighted by molar-refractivity contribution is 5.94. The van der Waals surface area contributed by atoms with Crippen LogP contribution in [-0.2, 0) is 0 Å². The fourth-order valence-electron chi connectivity index (χ4n) is 3.89. The van der Waals surface area contributed by atoms with Gasteiger partial charge < -0.3 is 10.4 Å². The van der Waals surface area contributed by atoms with Crippen molar-refractivity contribution in [3.8, 4) is 6.07 Å². The first-order valence-electron chi connectivity index (χ1n) is 8.90. The lowest BCUT2D eigenvalue weighted by Gasteiger charge is -2.41. The van der Waals surface area contributed by atoms with E-state index in [0.29, 0.717) is 17.2 Å². The van der Waals surface area contributed by atoms with Gasteiger partial charge in [0.15, 0.2) is 0 Å². The summed E-state index contributed by atoms with van der Waals surface area (Å²) in [5.74, 6) is -0.108. The third-order valence-electron chi connectivity index (χ3n) is 5.28. The first-order chi connectivity index (χ1) is 11.7. The molecule has 1 saturated heterocycles. The molecule has 2 aliphatic rings. The fourth-order valence-corrected chi connectivity index (χ4v) is 3.89. The number of nitrogens with zero attached hydrogens (tertiary/aromatic N) is 2. The van der Waals surface area contributed by atoms with Gasteiger partial charge in [-0.1, -0.05) is 18.9 Å². The lowest BCUT2D eigenvalue weighted by atomic mass is 9.89. The number of aliphatic hydroxyl groups excluding tert-OH is 1. The topological polar surface area (TPSA) is 76.4 Å². The monoisotopic (exact) mass is 327 g/mol. The van der Waals surface area contributed by atoms with Gasteiger partial charge in [-0.25, -0.2) is 0 Å². The van der Waals surface area contributed by atoms with Crippen molar-refractivity contribution >= 4 is 5.91 Å².